The van der Waals surface area contributed by atoms with E-state index in [0.29, 0.717) is 18.5 Å². The minimum absolute atomic E-state index is 0.175. The van der Waals surface area contributed by atoms with E-state index in [2.05, 4.69) is 5.32 Å². The largest absolute Gasteiger partial charge is 0.416 e. The molecule has 1 rings (SSSR count). The Kier molecular flexibility index (Phi) is 5.16. The molecule has 2 nitrogen and oxygen atoms in total. The monoisotopic (exact) mass is 261 g/mol. The summed E-state index contributed by atoms with van der Waals surface area (Å²) in [7, 11) is 0. The second-order valence-electron chi connectivity index (χ2n) is 4.44. The fraction of sp³-hybridized carbons (Fsp3) is 0.538. The first-order valence-corrected chi connectivity index (χ1v) is 5.89. The number of aliphatic hydroxyl groups excluding tert-OH is 1. The lowest BCUT2D eigenvalue weighted by Crippen LogP contribution is -2.22. The molecule has 102 valence electrons. The highest BCUT2D eigenvalue weighted by molar-refractivity contribution is 5.27. The first-order chi connectivity index (χ1) is 8.30. The molecular weight excluding hydrogens is 243 g/mol. The van der Waals surface area contributed by atoms with Gasteiger partial charge < -0.3 is 10.4 Å². The van der Waals surface area contributed by atoms with E-state index < -0.39 is 17.8 Å². The lowest BCUT2D eigenvalue weighted by Gasteiger charge is -2.16. The second kappa shape index (κ2) is 6.20. The van der Waals surface area contributed by atoms with Gasteiger partial charge in [0.15, 0.2) is 0 Å². The number of benzene rings is 1. The number of alkyl halides is 3. The molecule has 2 unspecified atom stereocenters. The summed E-state index contributed by atoms with van der Waals surface area (Å²) in [5.74, 6) is 0. The van der Waals surface area contributed by atoms with E-state index in [9.17, 15) is 13.2 Å². The van der Waals surface area contributed by atoms with Gasteiger partial charge in [0.25, 0.3) is 0 Å². The molecule has 0 aromatic heterocycles. The van der Waals surface area contributed by atoms with Gasteiger partial charge in [-0.05, 0) is 44.5 Å². The Bertz CT molecular complexity index is 377. The number of nitrogens with one attached hydrogen (secondary N) is 1. The van der Waals surface area contributed by atoms with Crippen LogP contribution in [0.15, 0.2) is 24.3 Å². The van der Waals surface area contributed by atoms with Gasteiger partial charge in [-0.25, -0.2) is 0 Å². The predicted molar refractivity (Wildman–Crippen MR) is 64.2 cm³/mol. The van der Waals surface area contributed by atoms with Crippen molar-refractivity contribution in [2.45, 2.75) is 38.6 Å². The van der Waals surface area contributed by atoms with Crippen molar-refractivity contribution in [3.8, 4) is 0 Å². The summed E-state index contributed by atoms with van der Waals surface area (Å²) in [4.78, 5) is 0. The summed E-state index contributed by atoms with van der Waals surface area (Å²) in [6.45, 7) is 4.04. The molecule has 2 atom stereocenters. The summed E-state index contributed by atoms with van der Waals surface area (Å²) >= 11 is 0. The van der Waals surface area contributed by atoms with Gasteiger partial charge in [0.05, 0.1) is 11.7 Å². The van der Waals surface area contributed by atoms with E-state index in [1.165, 1.54) is 6.07 Å². The van der Waals surface area contributed by atoms with Gasteiger partial charge in [-0.1, -0.05) is 12.1 Å². The van der Waals surface area contributed by atoms with Crippen molar-refractivity contribution in [3.05, 3.63) is 35.4 Å². The van der Waals surface area contributed by atoms with Crippen LogP contribution in [0.4, 0.5) is 13.2 Å². The molecular formula is C13H18F3NO. The van der Waals surface area contributed by atoms with Crippen LogP contribution in [0.2, 0.25) is 0 Å². The van der Waals surface area contributed by atoms with E-state index in [1.807, 2.05) is 0 Å². The second-order valence-corrected chi connectivity index (χ2v) is 4.44. The molecule has 0 bridgehead atoms. The summed E-state index contributed by atoms with van der Waals surface area (Å²) in [5.41, 5.74) is -0.0420. The highest BCUT2D eigenvalue weighted by atomic mass is 19.4. The standard InChI is InChI=1S/C13H18F3NO/c1-9(18)6-7-17-10(2)11-4-3-5-12(8-11)13(14,15)16/h3-5,8-10,17-18H,6-7H2,1-2H3. The number of aliphatic hydroxyl groups is 1. The van der Waals surface area contributed by atoms with Crippen molar-refractivity contribution in [1.29, 1.82) is 0 Å². The highest BCUT2D eigenvalue weighted by Crippen LogP contribution is 2.30. The Morgan fingerprint density at radius 1 is 1.28 bits per heavy atom. The molecule has 0 saturated heterocycles. The van der Waals surface area contributed by atoms with Crippen LogP contribution in [0.1, 0.15) is 37.4 Å². The minimum Gasteiger partial charge on any atom is -0.393 e. The number of rotatable bonds is 5. The van der Waals surface area contributed by atoms with Gasteiger partial charge in [0.2, 0.25) is 0 Å². The Hall–Kier alpha value is -1.07. The molecule has 18 heavy (non-hydrogen) atoms. The Morgan fingerprint density at radius 3 is 2.50 bits per heavy atom. The quantitative estimate of drug-likeness (QED) is 0.853. The molecule has 0 aliphatic heterocycles. The molecule has 2 N–H and O–H groups in total. The molecule has 0 aliphatic carbocycles. The zero-order chi connectivity index (χ0) is 13.8. The average molecular weight is 261 g/mol. The number of halogens is 3. The van der Waals surface area contributed by atoms with E-state index in [0.717, 1.165) is 12.1 Å². The molecule has 5 heteroatoms. The lowest BCUT2D eigenvalue weighted by atomic mass is 10.0. The maximum absolute atomic E-state index is 12.5. The van der Waals surface area contributed by atoms with Crippen LogP contribution in [0.3, 0.4) is 0 Å². The smallest absolute Gasteiger partial charge is 0.393 e. The molecule has 0 saturated carbocycles. The van der Waals surface area contributed by atoms with Crippen molar-refractivity contribution >= 4 is 0 Å². The Labute approximate surface area is 105 Å². The molecule has 0 radical (unpaired) electrons. The van der Waals surface area contributed by atoms with Crippen molar-refractivity contribution in [2.24, 2.45) is 0 Å². The SMILES string of the molecule is CC(O)CCNC(C)c1cccc(C(F)(F)F)c1. The van der Waals surface area contributed by atoms with Gasteiger partial charge in [-0.3, -0.25) is 0 Å². The maximum atomic E-state index is 12.5. The van der Waals surface area contributed by atoms with Crippen LogP contribution in [0, 0.1) is 0 Å². The molecule has 1 aromatic carbocycles. The first-order valence-electron chi connectivity index (χ1n) is 5.89. The van der Waals surface area contributed by atoms with Gasteiger partial charge >= 0.3 is 6.18 Å². The van der Waals surface area contributed by atoms with Gasteiger partial charge in [-0.15, -0.1) is 0 Å². The zero-order valence-corrected chi connectivity index (χ0v) is 10.5. The summed E-state index contributed by atoms with van der Waals surface area (Å²) in [6, 6.07) is 5.11. The summed E-state index contributed by atoms with van der Waals surface area (Å²) < 4.78 is 37.6. The number of hydrogen-bond donors (Lipinski definition) is 2. The minimum atomic E-state index is -4.31. The van der Waals surface area contributed by atoms with Crippen LogP contribution in [-0.4, -0.2) is 17.8 Å². The zero-order valence-electron chi connectivity index (χ0n) is 10.5. The predicted octanol–water partition coefficient (Wildman–Crippen LogP) is 3.13. The van der Waals surface area contributed by atoms with E-state index in [1.54, 1.807) is 19.9 Å². The topological polar surface area (TPSA) is 32.3 Å². The van der Waals surface area contributed by atoms with Crippen molar-refractivity contribution in [1.82, 2.24) is 5.32 Å². The Balaban J connectivity index is 2.66. The van der Waals surface area contributed by atoms with Gasteiger partial charge in [0.1, 0.15) is 0 Å². The average Bonchev–Trinajstić information content (AvgIpc) is 2.27. The summed E-state index contributed by atoms with van der Waals surface area (Å²) in [5, 5.41) is 12.2. The fourth-order valence-electron chi connectivity index (χ4n) is 1.61. The molecule has 0 fully saturated rings. The van der Waals surface area contributed by atoms with Crippen LogP contribution in [-0.2, 0) is 6.18 Å². The van der Waals surface area contributed by atoms with Crippen molar-refractivity contribution in [3.63, 3.8) is 0 Å². The fourth-order valence-corrected chi connectivity index (χ4v) is 1.61. The van der Waals surface area contributed by atoms with Gasteiger partial charge in [-0.2, -0.15) is 13.2 Å². The number of hydrogen-bond acceptors (Lipinski definition) is 2. The molecule has 0 heterocycles. The molecule has 0 amide bonds. The van der Waals surface area contributed by atoms with Crippen LogP contribution in [0.25, 0.3) is 0 Å². The van der Waals surface area contributed by atoms with Crippen LogP contribution in [0.5, 0.6) is 0 Å². The third-order valence-electron chi connectivity index (χ3n) is 2.73. The van der Waals surface area contributed by atoms with Crippen LogP contribution < -0.4 is 5.32 Å². The van der Waals surface area contributed by atoms with E-state index in [4.69, 9.17) is 5.11 Å². The van der Waals surface area contributed by atoms with Gasteiger partial charge in [0, 0.05) is 6.04 Å². The third-order valence-corrected chi connectivity index (χ3v) is 2.73. The normalized spacial score (nSPS) is 15.4. The van der Waals surface area contributed by atoms with E-state index in [-0.39, 0.29) is 6.04 Å². The van der Waals surface area contributed by atoms with Crippen molar-refractivity contribution < 1.29 is 18.3 Å². The first kappa shape index (κ1) is 15.0. The molecule has 0 aliphatic rings. The summed E-state index contributed by atoms with van der Waals surface area (Å²) in [6.07, 6.45) is -4.15. The highest BCUT2D eigenvalue weighted by Gasteiger charge is 2.30. The van der Waals surface area contributed by atoms with E-state index >= 15 is 0 Å². The van der Waals surface area contributed by atoms with Crippen molar-refractivity contribution in [2.75, 3.05) is 6.54 Å². The molecule has 1 aromatic rings. The molecule has 0 spiro atoms. The Morgan fingerprint density at radius 2 is 1.94 bits per heavy atom. The lowest BCUT2D eigenvalue weighted by molar-refractivity contribution is -0.137. The maximum Gasteiger partial charge on any atom is 0.416 e. The van der Waals surface area contributed by atoms with Crippen LogP contribution >= 0.6 is 0 Å². The third kappa shape index (κ3) is 4.66.